The van der Waals surface area contributed by atoms with Gasteiger partial charge in [0, 0.05) is 35.2 Å². The number of hydrogen-bond acceptors (Lipinski definition) is 5. The Morgan fingerprint density at radius 1 is 0.968 bits per heavy atom. The minimum atomic E-state index is -0.129. The second-order valence-corrected chi connectivity index (χ2v) is 8.14. The van der Waals surface area contributed by atoms with Gasteiger partial charge in [-0.15, -0.1) is 11.3 Å². The van der Waals surface area contributed by atoms with E-state index in [1.54, 1.807) is 28.4 Å². The lowest BCUT2D eigenvalue weighted by atomic mass is 10.2. The standard InChI is InChI=1S/C24H24N2O4S/c27-23(9-4-12-25-24(28)18-6-2-1-3-7-18)26(17-20-8-5-15-31-20)19-10-11-21-22(16-19)30-14-13-29-21/h1-3,5-8,10-11,15-16H,4,9,12-14,17H2,(H,25,28). The number of thiophene rings is 1. The zero-order valence-corrected chi connectivity index (χ0v) is 17.9. The van der Waals surface area contributed by atoms with Crippen LogP contribution in [0.25, 0.3) is 0 Å². The van der Waals surface area contributed by atoms with Crippen molar-refractivity contribution in [1.29, 1.82) is 0 Å². The lowest BCUT2D eigenvalue weighted by molar-refractivity contribution is -0.118. The normalized spacial score (nSPS) is 12.3. The van der Waals surface area contributed by atoms with Crippen molar-refractivity contribution in [3.63, 3.8) is 0 Å². The van der Waals surface area contributed by atoms with Crippen LogP contribution in [0.1, 0.15) is 28.1 Å². The number of nitrogens with one attached hydrogen (secondary N) is 1. The summed E-state index contributed by atoms with van der Waals surface area (Å²) in [4.78, 5) is 28.1. The van der Waals surface area contributed by atoms with Crippen molar-refractivity contribution < 1.29 is 19.1 Å². The van der Waals surface area contributed by atoms with Crippen LogP contribution in [0.5, 0.6) is 11.5 Å². The second-order valence-electron chi connectivity index (χ2n) is 7.11. The quantitative estimate of drug-likeness (QED) is 0.536. The zero-order valence-electron chi connectivity index (χ0n) is 17.1. The molecule has 1 N–H and O–H groups in total. The number of nitrogens with zero attached hydrogens (tertiary/aromatic N) is 1. The molecule has 0 saturated heterocycles. The van der Waals surface area contributed by atoms with E-state index in [2.05, 4.69) is 5.32 Å². The van der Waals surface area contributed by atoms with Gasteiger partial charge >= 0.3 is 0 Å². The van der Waals surface area contributed by atoms with Gasteiger partial charge in [-0.3, -0.25) is 9.59 Å². The molecule has 0 unspecified atom stereocenters. The van der Waals surface area contributed by atoms with Crippen molar-refractivity contribution in [2.75, 3.05) is 24.7 Å². The van der Waals surface area contributed by atoms with Gasteiger partial charge in [0.15, 0.2) is 11.5 Å². The predicted octanol–water partition coefficient (Wildman–Crippen LogP) is 4.26. The molecule has 2 aromatic carbocycles. The molecule has 160 valence electrons. The highest BCUT2D eigenvalue weighted by Crippen LogP contribution is 2.35. The van der Waals surface area contributed by atoms with Crippen LogP contribution < -0.4 is 19.7 Å². The number of amides is 2. The van der Waals surface area contributed by atoms with Gasteiger partial charge in [0.25, 0.3) is 5.91 Å². The SMILES string of the molecule is O=C(NCCCC(=O)N(Cc1cccs1)c1ccc2c(c1)OCCO2)c1ccccc1. The summed E-state index contributed by atoms with van der Waals surface area (Å²) in [6.07, 6.45) is 0.887. The Kier molecular flexibility index (Phi) is 6.84. The first kappa shape index (κ1) is 20.9. The fourth-order valence-corrected chi connectivity index (χ4v) is 4.04. The van der Waals surface area contributed by atoms with E-state index < -0.39 is 0 Å². The van der Waals surface area contributed by atoms with Crippen LogP contribution >= 0.6 is 11.3 Å². The monoisotopic (exact) mass is 436 g/mol. The van der Waals surface area contributed by atoms with E-state index >= 15 is 0 Å². The average molecular weight is 437 g/mol. The molecule has 2 amide bonds. The first-order valence-corrected chi connectivity index (χ1v) is 11.1. The number of anilines is 1. The molecule has 7 heteroatoms. The van der Waals surface area contributed by atoms with Gasteiger partial charge in [0.2, 0.25) is 5.91 Å². The van der Waals surface area contributed by atoms with Gasteiger partial charge in [-0.25, -0.2) is 0 Å². The fourth-order valence-electron chi connectivity index (χ4n) is 3.35. The predicted molar refractivity (Wildman–Crippen MR) is 121 cm³/mol. The van der Waals surface area contributed by atoms with Gasteiger partial charge < -0.3 is 19.7 Å². The van der Waals surface area contributed by atoms with Crippen LogP contribution in [0.15, 0.2) is 66.0 Å². The Balaban J connectivity index is 1.39. The Morgan fingerprint density at radius 3 is 2.55 bits per heavy atom. The fraction of sp³-hybridized carbons (Fsp3) is 0.250. The number of carbonyl (C=O) groups excluding carboxylic acids is 2. The van der Waals surface area contributed by atoms with E-state index in [4.69, 9.17) is 9.47 Å². The molecule has 0 aliphatic carbocycles. The topological polar surface area (TPSA) is 67.9 Å². The van der Waals surface area contributed by atoms with E-state index in [0.29, 0.717) is 56.2 Å². The van der Waals surface area contributed by atoms with E-state index in [1.807, 2.05) is 53.9 Å². The summed E-state index contributed by atoms with van der Waals surface area (Å²) in [6.45, 7) is 1.95. The zero-order chi connectivity index (χ0) is 21.5. The summed E-state index contributed by atoms with van der Waals surface area (Å²) in [5, 5.41) is 4.88. The summed E-state index contributed by atoms with van der Waals surface area (Å²) in [7, 11) is 0. The molecule has 1 aromatic heterocycles. The summed E-state index contributed by atoms with van der Waals surface area (Å²) in [6, 6.07) is 18.6. The lowest BCUT2D eigenvalue weighted by Gasteiger charge is -2.25. The highest BCUT2D eigenvalue weighted by atomic mass is 32.1. The highest BCUT2D eigenvalue weighted by molar-refractivity contribution is 7.09. The summed E-state index contributed by atoms with van der Waals surface area (Å²) in [5.41, 5.74) is 1.39. The highest BCUT2D eigenvalue weighted by Gasteiger charge is 2.20. The van der Waals surface area contributed by atoms with Crippen LogP contribution in [-0.2, 0) is 11.3 Å². The van der Waals surface area contributed by atoms with Crippen LogP contribution in [0.2, 0.25) is 0 Å². The van der Waals surface area contributed by atoms with Gasteiger partial charge in [-0.1, -0.05) is 24.3 Å². The molecular weight excluding hydrogens is 412 g/mol. The molecule has 6 nitrogen and oxygen atoms in total. The summed E-state index contributed by atoms with van der Waals surface area (Å²) < 4.78 is 11.3. The first-order chi connectivity index (χ1) is 15.2. The number of benzene rings is 2. The van der Waals surface area contributed by atoms with Crippen molar-refractivity contribution in [2.45, 2.75) is 19.4 Å². The molecule has 0 spiro atoms. The van der Waals surface area contributed by atoms with Gasteiger partial charge in [-0.05, 0) is 42.1 Å². The van der Waals surface area contributed by atoms with E-state index in [-0.39, 0.29) is 11.8 Å². The average Bonchev–Trinajstić information content (AvgIpc) is 3.33. The maximum atomic E-state index is 13.1. The first-order valence-electron chi connectivity index (χ1n) is 10.3. The molecule has 0 fully saturated rings. The van der Waals surface area contributed by atoms with Crippen molar-refractivity contribution in [3.05, 3.63) is 76.5 Å². The van der Waals surface area contributed by atoms with Gasteiger partial charge in [-0.2, -0.15) is 0 Å². The minimum absolute atomic E-state index is 0.000891. The maximum Gasteiger partial charge on any atom is 0.251 e. The molecule has 2 heterocycles. The van der Waals surface area contributed by atoms with Crippen LogP contribution in [0, 0.1) is 0 Å². The third-order valence-corrected chi connectivity index (χ3v) is 5.78. The molecule has 3 aromatic rings. The second kappa shape index (κ2) is 10.1. The van der Waals surface area contributed by atoms with E-state index in [1.165, 1.54) is 0 Å². The molecule has 0 bridgehead atoms. The molecule has 4 rings (SSSR count). The molecule has 0 atom stereocenters. The minimum Gasteiger partial charge on any atom is -0.486 e. The number of carbonyl (C=O) groups is 2. The third-order valence-electron chi connectivity index (χ3n) is 4.92. The molecular formula is C24H24N2O4S. The van der Waals surface area contributed by atoms with E-state index in [0.717, 1.165) is 10.6 Å². The Labute approximate surface area is 185 Å². The Bertz CT molecular complexity index is 1020. The lowest BCUT2D eigenvalue weighted by Crippen LogP contribution is -2.31. The van der Waals surface area contributed by atoms with Crippen LogP contribution in [0.3, 0.4) is 0 Å². The summed E-state index contributed by atoms with van der Waals surface area (Å²) >= 11 is 1.62. The summed E-state index contributed by atoms with van der Waals surface area (Å²) in [5.74, 6) is 1.22. The molecule has 31 heavy (non-hydrogen) atoms. The van der Waals surface area contributed by atoms with E-state index in [9.17, 15) is 9.59 Å². The molecule has 0 radical (unpaired) electrons. The van der Waals surface area contributed by atoms with Crippen molar-refractivity contribution >= 4 is 28.8 Å². The Hall–Kier alpha value is -3.32. The maximum absolute atomic E-state index is 13.1. The molecule has 1 aliphatic heterocycles. The van der Waals surface area contributed by atoms with Crippen molar-refractivity contribution in [2.24, 2.45) is 0 Å². The third kappa shape index (κ3) is 5.44. The van der Waals surface area contributed by atoms with Crippen molar-refractivity contribution in [1.82, 2.24) is 5.32 Å². The number of fused-ring (bicyclic) bond motifs is 1. The number of hydrogen-bond donors (Lipinski definition) is 1. The van der Waals surface area contributed by atoms with Crippen molar-refractivity contribution in [3.8, 4) is 11.5 Å². The Morgan fingerprint density at radius 2 is 1.77 bits per heavy atom. The van der Waals surface area contributed by atoms with Crippen LogP contribution in [0.4, 0.5) is 5.69 Å². The smallest absolute Gasteiger partial charge is 0.251 e. The number of ether oxygens (including phenoxy) is 2. The van der Waals surface area contributed by atoms with Crippen LogP contribution in [-0.4, -0.2) is 31.6 Å². The van der Waals surface area contributed by atoms with Gasteiger partial charge in [0.1, 0.15) is 13.2 Å². The number of rotatable bonds is 8. The molecule has 0 saturated carbocycles. The molecule has 1 aliphatic rings. The largest absolute Gasteiger partial charge is 0.486 e. The van der Waals surface area contributed by atoms with Gasteiger partial charge in [0.05, 0.1) is 6.54 Å².